The topological polar surface area (TPSA) is 49.4 Å². The van der Waals surface area contributed by atoms with E-state index in [1.807, 2.05) is 23.1 Å². The Balaban J connectivity index is 1.76. The van der Waals surface area contributed by atoms with Crippen LogP contribution < -0.4 is 5.32 Å². The fourth-order valence-electron chi connectivity index (χ4n) is 4.85. The summed E-state index contributed by atoms with van der Waals surface area (Å²) < 4.78 is 0. The average Bonchev–Trinajstić information content (AvgIpc) is 3.01. The van der Waals surface area contributed by atoms with Gasteiger partial charge in [0.05, 0.1) is 11.0 Å². The zero-order valence-electron chi connectivity index (χ0n) is 13.5. The van der Waals surface area contributed by atoms with E-state index >= 15 is 0 Å². The first kappa shape index (κ1) is 14.7. The number of rotatable bonds is 2. The maximum atomic E-state index is 13.5. The van der Waals surface area contributed by atoms with Crippen LogP contribution in [0.4, 0.5) is 0 Å². The summed E-state index contributed by atoms with van der Waals surface area (Å²) in [6, 6.07) is 10.1. The van der Waals surface area contributed by atoms with E-state index in [2.05, 4.69) is 17.4 Å². The molecule has 1 saturated carbocycles. The highest BCUT2D eigenvalue weighted by molar-refractivity contribution is 5.94. The standard InChI is InChI=1S/C19H24N2O2/c22-16-9-10-18(20-16)11-12-19(18,15-7-3-1-4-8-15)17(23)21-13-5-2-6-14-21/h1,3-4,7-8H,2,5-6,9-14H2,(H,20,22). The Kier molecular flexibility index (Phi) is 3.43. The highest BCUT2D eigenvalue weighted by Gasteiger charge is 2.67. The van der Waals surface area contributed by atoms with Crippen LogP contribution in [0.2, 0.25) is 0 Å². The van der Waals surface area contributed by atoms with Crippen molar-refractivity contribution in [2.75, 3.05) is 13.1 Å². The SMILES string of the molecule is O=C1CCC2(CCC2(C(=O)N2CCCCC2)c2ccccc2)N1. The molecule has 1 aromatic carbocycles. The minimum Gasteiger partial charge on any atom is -0.349 e. The van der Waals surface area contributed by atoms with Crippen molar-refractivity contribution >= 4 is 11.8 Å². The second-order valence-electron chi connectivity index (χ2n) is 7.25. The number of nitrogens with zero attached hydrogens (tertiary/aromatic N) is 1. The van der Waals surface area contributed by atoms with Crippen LogP contribution in [0.1, 0.15) is 50.5 Å². The van der Waals surface area contributed by atoms with Crippen LogP contribution in [-0.4, -0.2) is 35.3 Å². The van der Waals surface area contributed by atoms with Crippen molar-refractivity contribution in [3.8, 4) is 0 Å². The summed E-state index contributed by atoms with van der Waals surface area (Å²) in [4.78, 5) is 27.5. The van der Waals surface area contributed by atoms with Gasteiger partial charge in [-0.3, -0.25) is 9.59 Å². The van der Waals surface area contributed by atoms with E-state index < -0.39 is 5.41 Å². The van der Waals surface area contributed by atoms with Crippen molar-refractivity contribution in [3.63, 3.8) is 0 Å². The van der Waals surface area contributed by atoms with Gasteiger partial charge in [0.15, 0.2) is 0 Å². The van der Waals surface area contributed by atoms with Gasteiger partial charge in [-0.05, 0) is 44.1 Å². The van der Waals surface area contributed by atoms with Gasteiger partial charge in [0.25, 0.3) is 0 Å². The zero-order valence-corrected chi connectivity index (χ0v) is 13.5. The van der Waals surface area contributed by atoms with Gasteiger partial charge < -0.3 is 10.2 Å². The molecule has 2 saturated heterocycles. The van der Waals surface area contributed by atoms with E-state index in [1.165, 1.54) is 6.42 Å². The number of hydrogen-bond donors (Lipinski definition) is 1. The van der Waals surface area contributed by atoms with Crippen molar-refractivity contribution in [3.05, 3.63) is 35.9 Å². The Bertz CT molecular complexity index is 624. The molecule has 2 atom stereocenters. The summed E-state index contributed by atoms with van der Waals surface area (Å²) in [5.41, 5.74) is 0.154. The Morgan fingerprint density at radius 2 is 1.74 bits per heavy atom. The van der Waals surface area contributed by atoms with Gasteiger partial charge in [0.1, 0.15) is 0 Å². The van der Waals surface area contributed by atoms with Crippen molar-refractivity contribution in [2.24, 2.45) is 0 Å². The minimum atomic E-state index is -0.558. The highest BCUT2D eigenvalue weighted by atomic mass is 16.2. The van der Waals surface area contributed by atoms with Crippen LogP contribution in [0.25, 0.3) is 0 Å². The molecule has 0 radical (unpaired) electrons. The molecule has 1 aromatic rings. The molecular weight excluding hydrogens is 288 g/mol. The fraction of sp³-hybridized carbons (Fsp3) is 0.579. The first-order chi connectivity index (χ1) is 11.2. The number of nitrogens with one attached hydrogen (secondary N) is 1. The lowest BCUT2D eigenvalue weighted by Gasteiger charge is -2.58. The lowest BCUT2D eigenvalue weighted by Crippen LogP contribution is -2.72. The molecule has 23 heavy (non-hydrogen) atoms. The summed E-state index contributed by atoms with van der Waals surface area (Å²) in [6.07, 6.45) is 6.47. The van der Waals surface area contributed by atoms with E-state index in [-0.39, 0.29) is 17.4 Å². The van der Waals surface area contributed by atoms with E-state index in [1.54, 1.807) is 0 Å². The minimum absolute atomic E-state index is 0.0939. The third kappa shape index (κ3) is 2.03. The van der Waals surface area contributed by atoms with Crippen molar-refractivity contribution < 1.29 is 9.59 Å². The molecule has 2 amide bonds. The molecule has 1 spiro atoms. The number of hydrogen-bond acceptors (Lipinski definition) is 2. The Morgan fingerprint density at radius 3 is 2.30 bits per heavy atom. The molecule has 2 unspecified atom stereocenters. The Morgan fingerprint density at radius 1 is 1.00 bits per heavy atom. The summed E-state index contributed by atoms with van der Waals surface area (Å²) in [7, 11) is 0. The third-order valence-corrected chi connectivity index (χ3v) is 6.18. The van der Waals surface area contributed by atoms with Crippen LogP contribution in [-0.2, 0) is 15.0 Å². The van der Waals surface area contributed by atoms with Gasteiger partial charge in [-0.1, -0.05) is 30.3 Å². The largest absolute Gasteiger partial charge is 0.349 e. The summed E-state index contributed by atoms with van der Waals surface area (Å²) >= 11 is 0. The molecule has 3 fully saturated rings. The maximum absolute atomic E-state index is 13.5. The van der Waals surface area contributed by atoms with Gasteiger partial charge in [-0.2, -0.15) is 0 Å². The van der Waals surface area contributed by atoms with Gasteiger partial charge in [-0.15, -0.1) is 0 Å². The molecule has 4 nitrogen and oxygen atoms in total. The first-order valence-electron chi connectivity index (χ1n) is 8.84. The first-order valence-corrected chi connectivity index (χ1v) is 8.84. The zero-order chi connectivity index (χ0) is 15.9. The quantitative estimate of drug-likeness (QED) is 0.911. The number of piperidine rings is 1. The second kappa shape index (κ2) is 5.36. The van der Waals surface area contributed by atoms with Crippen LogP contribution in [0.15, 0.2) is 30.3 Å². The van der Waals surface area contributed by atoms with Gasteiger partial charge in [-0.25, -0.2) is 0 Å². The summed E-state index contributed by atoms with van der Waals surface area (Å²) in [5, 5.41) is 3.19. The van der Waals surface area contributed by atoms with Crippen LogP contribution in [0.5, 0.6) is 0 Å². The van der Waals surface area contributed by atoms with E-state index in [0.29, 0.717) is 6.42 Å². The molecular formula is C19H24N2O2. The van der Waals surface area contributed by atoms with Crippen molar-refractivity contribution in [1.29, 1.82) is 0 Å². The number of likely N-dealkylation sites (tertiary alicyclic amines) is 1. The summed E-state index contributed by atoms with van der Waals surface area (Å²) in [5.74, 6) is 0.327. The molecule has 4 rings (SSSR count). The third-order valence-electron chi connectivity index (χ3n) is 6.18. The Labute approximate surface area is 137 Å². The Hall–Kier alpha value is -1.84. The van der Waals surface area contributed by atoms with E-state index in [0.717, 1.165) is 50.8 Å². The van der Waals surface area contributed by atoms with Gasteiger partial charge in [0.2, 0.25) is 11.8 Å². The molecule has 0 aromatic heterocycles. The fourth-order valence-corrected chi connectivity index (χ4v) is 4.85. The highest BCUT2D eigenvalue weighted by Crippen LogP contribution is 2.56. The van der Waals surface area contributed by atoms with Crippen LogP contribution >= 0.6 is 0 Å². The van der Waals surface area contributed by atoms with Crippen molar-refractivity contribution in [2.45, 2.75) is 55.9 Å². The number of carbonyl (C=O) groups is 2. The molecule has 2 heterocycles. The number of amides is 2. The monoisotopic (exact) mass is 312 g/mol. The maximum Gasteiger partial charge on any atom is 0.235 e. The predicted molar refractivity (Wildman–Crippen MR) is 87.9 cm³/mol. The second-order valence-corrected chi connectivity index (χ2v) is 7.25. The molecule has 1 aliphatic carbocycles. The normalized spacial score (nSPS) is 33.4. The van der Waals surface area contributed by atoms with E-state index in [4.69, 9.17) is 0 Å². The van der Waals surface area contributed by atoms with E-state index in [9.17, 15) is 9.59 Å². The lowest BCUT2D eigenvalue weighted by atomic mass is 9.50. The predicted octanol–water partition coefficient (Wildman–Crippen LogP) is 2.38. The number of benzene rings is 1. The average molecular weight is 312 g/mol. The molecule has 1 N–H and O–H groups in total. The molecule has 2 aliphatic heterocycles. The van der Waals surface area contributed by atoms with Crippen LogP contribution in [0.3, 0.4) is 0 Å². The summed E-state index contributed by atoms with van der Waals surface area (Å²) in [6.45, 7) is 1.72. The van der Waals surface area contributed by atoms with Gasteiger partial charge >= 0.3 is 0 Å². The molecule has 4 heteroatoms. The van der Waals surface area contributed by atoms with Gasteiger partial charge in [0, 0.05) is 19.5 Å². The molecule has 3 aliphatic rings. The smallest absolute Gasteiger partial charge is 0.235 e. The lowest BCUT2D eigenvalue weighted by molar-refractivity contribution is -0.148. The number of carbonyl (C=O) groups excluding carboxylic acids is 2. The van der Waals surface area contributed by atoms with Crippen molar-refractivity contribution in [1.82, 2.24) is 10.2 Å². The van der Waals surface area contributed by atoms with Crippen LogP contribution in [0, 0.1) is 0 Å². The molecule has 0 bridgehead atoms. The molecule has 122 valence electrons.